The number of carbonyl (C=O) groups is 1. The van der Waals surface area contributed by atoms with E-state index in [1.165, 1.54) is 12.8 Å². The van der Waals surface area contributed by atoms with Crippen LogP contribution < -0.4 is 11.1 Å². The van der Waals surface area contributed by atoms with Crippen LogP contribution in [0.25, 0.3) is 0 Å². The summed E-state index contributed by atoms with van der Waals surface area (Å²) in [5, 5.41) is 3.25. The highest BCUT2D eigenvalue weighted by Crippen LogP contribution is 2.39. The standard InChI is InChI=1S/C11H20N2O2/c12-10(14)8-13-9-4-1-2-5-11(9)6-3-7-15-11/h9,13H,1-8H2,(H2,12,14). The minimum atomic E-state index is -0.284. The predicted molar refractivity (Wildman–Crippen MR) is 57.4 cm³/mol. The van der Waals surface area contributed by atoms with E-state index in [2.05, 4.69) is 5.32 Å². The van der Waals surface area contributed by atoms with Gasteiger partial charge in [-0.2, -0.15) is 0 Å². The highest BCUT2D eigenvalue weighted by molar-refractivity contribution is 5.75. The Morgan fingerprint density at radius 2 is 2.20 bits per heavy atom. The molecule has 0 aromatic heterocycles. The zero-order chi connectivity index (χ0) is 10.7. The summed E-state index contributed by atoms with van der Waals surface area (Å²) >= 11 is 0. The number of hydrogen-bond donors (Lipinski definition) is 2. The second-order valence-corrected chi connectivity index (χ2v) is 4.66. The van der Waals surface area contributed by atoms with Gasteiger partial charge < -0.3 is 15.8 Å². The smallest absolute Gasteiger partial charge is 0.231 e. The van der Waals surface area contributed by atoms with Crippen molar-refractivity contribution >= 4 is 5.91 Å². The summed E-state index contributed by atoms with van der Waals surface area (Å²) in [7, 11) is 0. The Kier molecular flexibility index (Phi) is 3.26. The highest BCUT2D eigenvalue weighted by Gasteiger charge is 2.43. The molecular formula is C11H20N2O2. The number of nitrogens with two attached hydrogens (primary N) is 1. The summed E-state index contributed by atoms with van der Waals surface area (Å²) in [6.07, 6.45) is 6.98. The molecule has 1 aliphatic carbocycles. The van der Waals surface area contributed by atoms with E-state index in [0.717, 1.165) is 32.3 Å². The van der Waals surface area contributed by atoms with Gasteiger partial charge >= 0.3 is 0 Å². The molecule has 4 heteroatoms. The Labute approximate surface area is 90.5 Å². The molecule has 4 nitrogen and oxygen atoms in total. The fraction of sp³-hybridized carbons (Fsp3) is 0.909. The van der Waals surface area contributed by atoms with Crippen molar-refractivity contribution in [2.24, 2.45) is 5.73 Å². The fourth-order valence-electron chi connectivity index (χ4n) is 2.91. The third-order valence-electron chi connectivity index (χ3n) is 3.63. The molecule has 1 amide bonds. The van der Waals surface area contributed by atoms with Crippen molar-refractivity contribution in [1.82, 2.24) is 5.32 Å². The first-order valence-electron chi connectivity index (χ1n) is 5.89. The van der Waals surface area contributed by atoms with E-state index in [9.17, 15) is 4.79 Å². The Hall–Kier alpha value is -0.610. The molecule has 15 heavy (non-hydrogen) atoms. The van der Waals surface area contributed by atoms with Crippen LogP contribution in [0.4, 0.5) is 0 Å². The molecule has 2 rings (SSSR count). The second-order valence-electron chi connectivity index (χ2n) is 4.66. The number of amides is 1. The van der Waals surface area contributed by atoms with Gasteiger partial charge in [-0.3, -0.25) is 4.79 Å². The molecule has 2 fully saturated rings. The molecule has 86 valence electrons. The maximum Gasteiger partial charge on any atom is 0.231 e. The first kappa shape index (κ1) is 10.9. The maximum absolute atomic E-state index is 10.8. The van der Waals surface area contributed by atoms with Crippen LogP contribution >= 0.6 is 0 Å². The molecule has 3 N–H and O–H groups in total. The number of ether oxygens (including phenoxy) is 1. The first-order valence-corrected chi connectivity index (χ1v) is 5.89. The van der Waals surface area contributed by atoms with Crippen molar-refractivity contribution in [3.63, 3.8) is 0 Å². The topological polar surface area (TPSA) is 64.4 Å². The lowest BCUT2D eigenvalue weighted by Crippen LogP contribution is -2.54. The van der Waals surface area contributed by atoms with Crippen molar-refractivity contribution in [2.75, 3.05) is 13.2 Å². The van der Waals surface area contributed by atoms with Crippen LogP contribution in [0.15, 0.2) is 0 Å². The molecule has 2 atom stereocenters. The maximum atomic E-state index is 10.8. The number of primary amides is 1. The quantitative estimate of drug-likeness (QED) is 0.718. The van der Waals surface area contributed by atoms with E-state index in [4.69, 9.17) is 10.5 Å². The van der Waals surface area contributed by atoms with Crippen molar-refractivity contribution in [1.29, 1.82) is 0 Å². The summed E-state index contributed by atoms with van der Waals surface area (Å²) < 4.78 is 5.91. The van der Waals surface area contributed by atoms with Crippen molar-refractivity contribution in [3.8, 4) is 0 Å². The normalized spacial score (nSPS) is 35.9. The second kappa shape index (κ2) is 4.49. The average Bonchev–Trinajstić information content (AvgIpc) is 2.66. The van der Waals surface area contributed by atoms with Gasteiger partial charge in [0.15, 0.2) is 0 Å². The van der Waals surface area contributed by atoms with E-state index >= 15 is 0 Å². The minimum Gasteiger partial charge on any atom is -0.373 e. The van der Waals surface area contributed by atoms with Crippen LogP contribution in [0, 0.1) is 0 Å². The van der Waals surface area contributed by atoms with E-state index in [-0.39, 0.29) is 18.1 Å². The SMILES string of the molecule is NC(=O)CNC1CCCCC12CCCO2. The Balaban J connectivity index is 1.96. The molecule has 0 bridgehead atoms. The summed E-state index contributed by atoms with van der Waals surface area (Å²) in [4.78, 5) is 10.8. The zero-order valence-corrected chi connectivity index (χ0v) is 9.13. The highest BCUT2D eigenvalue weighted by atomic mass is 16.5. The average molecular weight is 212 g/mol. The number of carbonyl (C=O) groups excluding carboxylic acids is 1. The van der Waals surface area contributed by atoms with Gasteiger partial charge in [0.1, 0.15) is 0 Å². The lowest BCUT2D eigenvalue weighted by Gasteiger charge is -2.41. The number of hydrogen-bond acceptors (Lipinski definition) is 3. The Bertz CT molecular complexity index is 237. The third kappa shape index (κ3) is 2.32. The molecule has 1 heterocycles. The van der Waals surface area contributed by atoms with E-state index in [0.29, 0.717) is 6.04 Å². The molecular weight excluding hydrogens is 192 g/mol. The molecule has 2 aliphatic rings. The Morgan fingerprint density at radius 1 is 1.40 bits per heavy atom. The summed E-state index contributed by atoms with van der Waals surface area (Å²) in [6, 6.07) is 0.321. The molecule has 0 aromatic rings. The van der Waals surface area contributed by atoms with E-state index in [1.807, 2.05) is 0 Å². The van der Waals surface area contributed by atoms with Gasteiger partial charge in [-0.05, 0) is 25.7 Å². The predicted octanol–water partition coefficient (Wildman–Crippen LogP) is 0.553. The number of rotatable bonds is 3. The van der Waals surface area contributed by atoms with E-state index < -0.39 is 0 Å². The van der Waals surface area contributed by atoms with Crippen molar-refractivity contribution in [3.05, 3.63) is 0 Å². The molecule has 2 unspecified atom stereocenters. The van der Waals surface area contributed by atoms with Gasteiger partial charge in [0.2, 0.25) is 5.91 Å². The lowest BCUT2D eigenvalue weighted by molar-refractivity contribution is -0.118. The molecule has 1 aliphatic heterocycles. The monoisotopic (exact) mass is 212 g/mol. The van der Waals surface area contributed by atoms with Gasteiger partial charge in [-0.1, -0.05) is 12.8 Å². The third-order valence-corrected chi connectivity index (χ3v) is 3.63. The van der Waals surface area contributed by atoms with Gasteiger partial charge in [-0.15, -0.1) is 0 Å². The molecule has 0 radical (unpaired) electrons. The van der Waals surface area contributed by atoms with Crippen LogP contribution in [-0.4, -0.2) is 30.7 Å². The first-order chi connectivity index (χ1) is 7.23. The van der Waals surface area contributed by atoms with Gasteiger partial charge in [0.05, 0.1) is 12.1 Å². The van der Waals surface area contributed by atoms with Gasteiger partial charge in [-0.25, -0.2) is 0 Å². The fourth-order valence-corrected chi connectivity index (χ4v) is 2.91. The van der Waals surface area contributed by atoms with Gasteiger partial charge in [0, 0.05) is 12.6 Å². The van der Waals surface area contributed by atoms with Crippen molar-refractivity contribution < 1.29 is 9.53 Å². The minimum absolute atomic E-state index is 0.00764. The molecule has 1 saturated carbocycles. The molecule has 1 spiro atoms. The summed E-state index contributed by atoms with van der Waals surface area (Å²) in [5.41, 5.74) is 5.16. The van der Waals surface area contributed by atoms with Crippen LogP contribution in [0.2, 0.25) is 0 Å². The number of nitrogens with one attached hydrogen (secondary N) is 1. The zero-order valence-electron chi connectivity index (χ0n) is 9.13. The van der Waals surface area contributed by atoms with Gasteiger partial charge in [0.25, 0.3) is 0 Å². The van der Waals surface area contributed by atoms with E-state index in [1.54, 1.807) is 0 Å². The molecule has 0 aromatic carbocycles. The Morgan fingerprint density at radius 3 is 2.87 bits per heavy atom. The van der Waals surface area contributed by atoms with Crippen LogP contribution in [-0.2, 0) is 9.53 Å². The summed E-state index contributed by atoms with van der Waals surface area (Å²) in [5.74, 6) is -0.284. The lowest BCUT2D eigenvalue weighted by atomic mass is 9.78. The molecule has 1 saturated heterocycles. The van der Waals surface area contributed by atoms with Crippen LogP contribution in [0.3, 0.4) is 0 Å². The van der Waals surface area contributed by atoms with Crippen LogP contribution in [0.5, 0.6) is 0 Å². The van der Waals surface area contributed by atoms with Crippen molar-refractivity contribution in [2.45, 2.75) is 50.2 Å². The van der Waals surface area contributed by atoms with Crippen LogP contribution in [0.1, 0.15) is 38.5 Å². The summed E-state index contributed by atoms with van der Waals surface area (Å²) in [6.45, 7) is 1.14. The largest absolute Gasteiger partial charge is 0.373 e.